The molecule has 0 aliphatic carbocycles. The molecule has 10 nitrogen and oxygen atoms in total. The number of nitrogens with zero attached hydrogens (tertiary/aromatic N) is 2. The van der Waals surface area contributed by atoms with Gasteiger partial charge in [0.05, 0.1) is 20.3 Å². The van der Waals surface area contributed by atoms with Crippen molar-refractivity contribution in [3.8, 4) is 11.5 Å². The molecule has 1 N–H and O–H groups in total. The minimum absolute atomic E-state index is 0.0301. The summed E-state index contributed by atoms with van der Waals surface area (Å²) >= 11 is 0. The molecule has 1 saturated heterocycles. The van der Waals surface area contributed by atoms with E-state index in [1.54, 1.807) is 44.6 Å². The summed E-state index contributed by atoms with van der Waals surface area (Å²) in [5, 5.41) is 2.38. The van der Waals surface area contributed by atoms with E-state index < -0.39 is 56.2 Å². The number of anilines is 1. The molecule has 5 atom stereocenters. The molecule has 56 heavy (non-hydrogen) atoms. The molecule has 4 aromatic carbocycles. The standard InChI is InChI=1S/C44H50FN3O7Si/c1-29(54-44(31-17-13-10-14-18-31,32-19-23-34(51-5)24-20-32)33-21-25-35(52-6)26-22-33)38-39(55-56(7,8)43(2,3)4)37(45)41(53-38)48-28-27-36(47-42(48)50)46-40(49)30-15-11-9-12-16-30/h9-29,37-39,41H,1-8H3,(H,46,47,49,50)/t29?,37-,38?,39+,41-/m1/s1. The average molecular weight is 780 g/mol. The van der Waals surface area contributed by atoms with Crippen molar-refractivity contribution in [2.75, 3.05) is 19.5 Å². The number of amides is 1. The first-order valence-corrected chi connectivity index (χ1v) is 21.5. The lowest BCUT2D eigenvalue weighted by molar-refractivity contribution is -0.136. The molecule has 1 aliphatic heterocycles. The molecule has 2 unspecified atom stereocenters. The molecule has 6 rings (SSSR count). The first-order valence-electron chi connectivity index (χ1n) is 18.6. The van der Waals surface area contributed by atoms with Crippen LogP contribution in [0.5, 0.6) is 11.5 Å². The molecule has 0 radical (unpaired) electrons. The molecule has 12 heteroatoms. The van der Waals surface area contributed by atoms with Crippen LogP contribution < -0.4 is 20.5 Å². The Hall–Kier alpha value is -5.14. The number of nitrogens with one attached hydrogen (secondary N) is 1. The smallest absolute Gasteiger partial charge is 0.351 e. The number of aromatic nitrogens is 2. The lowest BCUT2D eigenvalue weighted by Crippen LogP contribution is -2.51. The molecule has 1 aliphatic rings. The summed E-state index contributed by atoms with van der Waals surface area (Å²) in [7, 11) is 0.595. The Labute approximate surface area is 328 Å². The van der Waals surface area contributed by atoms with Crippen LogP contribution in [0, 0.1) is 0 Å². The molecular weight excluding hydrogens is 730 g/mol. The number of rotatable bonds is 13. The van der Waals surface area contributed by atoms with Crippen LogP contribution in [0.15, 0.2) is 126 Å². The van der Waals surface area contributed by atoms with Crippen LogP contribution in [0.4, 0.5) is 10.2 Å². The summed E-state index contributed by atoms with van der Waals surface area (Å²) in [6, 6.07) is 35.1. The number of alkyl halides is 1. The zero-order chi connectivity index (χ0) is 40.3. The van der Waals surface area contributed by atoms with Gasteiger partial charge >= 0.3 is 5.69 Å². The number of halogens is 1. The topological polar surface area (TPSA) is 110 Å². The molecule has 1 amide bonds. The second kappa shape index (κ2) is 16.5. The fourth-order valence-electron chi connectivity index (χ4n) is 6.73. The van der Waals surface area contributed by atoms with Crippen molar-refractivity contribution in [1.29, 1.82) is 0 Å². The SMILES string of the molecule is COc1ccc(C(OC(C)C2O[C@@H](n3ccc(NC(=O)c4ccccc4)nc3=O)[C@H](F)[C@@H]2O[Si](C)(C)C(C)(C)C)(c2ccccc2)c2ccc(OC)cc2)cc1. The van der Waals surface area contributed by atoms with Gasteiger partial charge < -0.3 is 28.7 Å². The maximum absolute atomic E-state index is 17.2. The van der Waals surface area contributed by atoms with Gasteiger partial charge in [0.1, 0.15) is 35.1 Å². The number of ether oxygens (including phenoxy) is 4. The van der Waals surface area contributed by atoms with Crippen LogP contribution in [0.3, 0.4) is 0 Å². The Morgan fingerprint density at radius 1 is 0.821 bits per heavy atom. The molecule has 2 heterocycles. The fraction of sp³-hybridized carbons (Fsp3) is 0.341. The highest BCUT2D eigenvalue weighted by Gasteiger charge is 2.55. The van der Waals surface area contributed by atoms with E-state index in [9.17, 15) is 9.59 Å². The highest BCUT2D eigenvalue weighted by Crippen LogP contribution is 2.47. The third-order valence-corrected chi connectivity index (χ3v) is 15.3. The van der Waals surface area contributed by atoms with E-state index in [0.29, 0.717) is 17.1 Å². The van der Waals surface area contributed by atoms with E-state index in [-0.39, 0.29) is 10.9 Å². The summed E-state index contributed by atoms with van der Waals surface area (Å²) < 4.78 is 50.1. The van der Waals surface area contributed by atoms with Gasteiger partial charge in [-0.15, -0.1) is 0 Å². The molecular formula is C44H50FN3O7Si. The van der Waals surface area contributed by atoms with Gasteiger partial charge in [-0.25, -0.2) is 9.18 Å². The van der Waals surface area contributed by atoms with Crippen molar-refractivity contribution in [3.05, 3.63) is 154 Å². The Morgan fingerprint density at radius 3 is 1.84 bits per heavy atom. The van der Waals surface area contributed by atoms with Crippen molar-refractivity contribution in [2.45, 2.75) is 82.1 Å². The first-order chi connectivity index (χ1) is 26.7. The number of carbonyl (C=O) groups excluding carboxylic acids is 1. The summed E-state index contributed by atoms with van der Waals surface area (Å²) in [4.78, 5) is 30.4. The summed E-state index contributed by atoms with van der Waals surface area (Å²) in [5.74, 6) is 0.948. The van der Waals surface area contributed by atoms with Crippen LogP contribution in [-0.4, -0.2) is 62.5 Å². The fourth-order valence-corrected chi connectivity index (χ4v) is 8.03. The predicted octanol–water partition coefficient (Wildman–Crippen LogP) is 8.54. The molecule has 0 bridgehead atoms. The molecule has 0 spiro atoms. The first kappa shape index (κ1) is 40.5. The van der Waals surface area contributed by atoms with Gasteiger partial charge in [-0.05, 0) is 84.2 Å². The second-order valence-electron chi connectivity index (χ2n) is 15.4. The highest BCUT2D eigenvalue weighted by atomic mass is 28.4. The third kappa shape index (κ3) is 8.19. The normalized spacial score (nSPS) is 19.3. The number of carbonyl (C=O) groups is 1. The molecule has 5 aromatic rings. The van der Waals surface area contributed by atoms with Gasteiger partial charge in [-0.3, -0.25) is 9.36 Å². The maximum atomic E-state index is 17.2. The predicted molar refractivity (Wildman–Crippen MR) is 217 cm³/mol. The Balaban J connectivity index is 1.42. The van der Waals surface area contributed by atoms with E-state index in [1.807, 2.05) is 85.8 Å². The van der Waals surface area contributed by atoms with Crippen molar-refractivity contribution in [3.63, 3.8) is 0 Å². The van der Waals surface area contributed by atoms with Crippen LogP contribution in [0.1, 0.15) is 61.0 Å². The second-order valence-corrected chi connectivity index (χ2v) is 20.2. The minimum atomic E-state index is -2.63. The zero-order valence-corrected chi connectivity index (χ0v) is 34.1. The van der Waals surface area contributed by atoms with Gasteiger partial charge in [-0.1, -0.05) is 93.6 Å². The van der Waals surface area contributed by atoms with Crippen molar-refractivity contribution in [1.82, 2.24) is 9.55 Å². The maximum Gasteiger partial charge on any atom is 0.351 e. The molecule has 294 valence electrons. The highest BCUT2D eigenvalue weighted by molar-refractivity contribution is 6.74. The Bertz CT molecular complexity index is 2100. The summed E-state index contributed by atoms with van der Waals surface area (Å²) in [6.07, 6.45) is -4.70. The lowest BCUT2D eigenvalue weighted by Gasteiger charge is -2.42. The van der Waals surface area contributed by atoms with Crippen LogP contribution in [0.2, 0.25) is 18.1 Å². The number of benzene rings is 4. The van der Waals surface area contributed by atoms with Crippen LogP contribution in [-0.2, 0) is 19.5 Å². The van der Waals surface area contributed by atoms with E-state index >= 15 is 4.39 Å². The average Bonchev–Trinajstić information content (AvgIpc) is 3.51. The lowest BCUT2D eigenvalue weighted by atomic mass is 9.79. The number of hydrogen-bond acceptors (Lipinski definition) is 8. The van der Waals surface area contributed by atoms with Gasteiger partial charge in [-0.2, -0.15) is 4.98 Å². The van der Waals surface area contributed by atoms with E-state index in [4.69, 9.17) is 23.4 Å². The summed E-state index contributed by atoms with van der Waals surface area (Å²) in [6.45, 7) is 12.2. The Morgan fingerprint density at radius 2 is 1.34 bits per heavy atom. The van der Waals surface area contributed by atoms with Gasteiger partial charge in [0.25, 0.3) is 5.91 Å². The third-order valence-electron chi connectivity index (χ3n) is 10.8. The van der Waals surface area contributed by atoms with E-state index in [2.05, 4.69) is 44.2 Å². The summed E-state index contributed by atoms with van der Waals surface area (Å²) in [5.41, 5.74) is 0.791. The van der Waals surface area contributed by atoms with Gasteiger partial charge in [0.2, 0.25) is 0 Å². The number of hydrogen-bond donors (Lipinski definition) is 1. The quantitative estimate of drug-likeness (QED) is 0.0936. The molecule has 1 fully saturated rings. The van der Waals surface area contributed by atoms with Crippen LogP contribution in [0.25, 0.3) is 0 Å². The minimum Gasteiger partial charge on any atom is -0.497 e. The zero-order valence-electron chi connectivity index (χ0n) is 33.1. The molecule has 0 saturated carbocycles. The molecule has 1 aromatic heterocycles. The van der Waals surface area contributed by atoms with E-state index in [1.165, 1.54) is 12.3 Å². The van der Waals surface area contributed by atoms with Crippen molar-refractivity contribution in [2.24, 2.45) is 0 Å². The van der Waals surface area contributed by atoms with Gasteiger partial charge in [0.15, 0.2) is 20.7 Å². The van der Waals surface area contributed by atoms with Crippen molar-refractivity contribution < 1.29 is 32.6 Å². The Kier molecular flexibility index (Phi) is 12.0. The van der Waals surface area contributed by atoms with E-state index in [0.717, 1.165) is 21.3 Å². The van der Waals surface area contributed by atoms with Crippen molar-refractivity contribution >= 4 is 20.0 Å². The van der Waals surface area contributed by atoms with Crippen LogP contribution >= 0.6 is 0 Å². The monoisotopic (exact) mass is 779 g/mol. The number of methoxy groups -OCH3 is 2. The van der Waals surface area contributed by atoms with Gasteiger partial charge in [0, 0.05) is 11.8 Å². The largest absolute Gasteiger partial charge is 0.497 e.